The van der Waals surface area contributed by atoms with Crippen molar-refractivity contribution in [3.63, 3.8) is 0 Å². The van der Waals surface area contributed by atoms with Crippen LogP contribution in [0.5, 0.6) is 0 Å². The molecule has 0 bridgehead atoms. The summed E-state index contributed by atoms with van der Waals surface area (Å²) in [5.74, 6) is -0.289. The number of unbranched alkanes of at least 4 members (excludes halogenated alkanes) is 14. The van der Waals surface area contributed by atoms with E-state index in [-0.39, 0.29) is 18.9 Å². The third kappa shape index (κ3) is 22.7. The van der Waals surface area contributed by atoms with Gasteiger partial charge in [-0.25, -0.2) is 0 Å². The minimum atomic E-state index is -1.79. The molecule has 0 aliphatic carbocycles. The quantitative estimate of drug-likeness (QED) is 0.0291. The van der Waals surface area contributed by atoms with Crippen LogP contribution >= 0.6 is 0 Å². The Morgan fingerprint density at radius 2 is 1.08 bits per heavy atom. The minimum Gasteiger partial charge on any atom is -0.394 e. The van der Waals surface area contributed by atoms with Crippen LogP contribution in [0.1, 0.15) is 155 Å². The van der Waals surface area contributed by atoms with Gasteiger partial charge in [-0.15, -0.1) is 0 Å². The number of amides is 1. The van der Waals surface area contributed by atoms with E-state index in [2.05, 4.69) is 55.6 Å². The van der Waals surface area contributed by atoms with Crippen LogP contribution in [0, 0.1) is 0 Å². The maximum Gasteiger partial charge on any atom is 0.220 e. The van der Waals surface area contributed by atoms with Crippen molar-refractivity contribution in [3.05, 3.63) is 48.6 Å². The van der Waals surface area contributed by atoms with Crippen LogP contribution in [0.3, 0.4) is 0 Å². The molecule has 0 aromatic rings. The number of allylic oxidation sites excluding steroid dienone is 8. The molecule has 0 aromatic heterocycles. The molecule has 2 aliphatic rings. The summed E-state index contributed by atoms with van der Waals surface area (Å²) >= 11 is 0. The molecular weight excluding hydrogens is 799 g/mol. The molecule has 12 atom stereocenters. The second-order valence-electron chi connectivity index (χ2n) is 16.9. The molecule has 2 fully saturated rings. The summed E-state index contributed by atoms with van der Waals surface area (Å²) in [6.07, 6.45) is 22.8. The smallest absolute Gasteiger partial charge is 0.220 e. The Morgan fingerprint density at radius 3 is 1.61 bits per heavy atom. The van der Waals surface area contributed by atoms with Gasteiger partial charge in [0.25, 0.3) is 0 Å². The topological polar surface area (TPSA) is 228 Å². The van der Waals surface area contributed by atoms with E-state index in [9.17, 15) is 45.6 Å². The molecule has 360 valence electrons. The van der Waals surface area contributed by atoms with Crippen LogP contribution in [-0.2, 0) is 23.7 Å². The Hall–Kier alpha value is -2.05. The molecule has 2 rings (SSSR count). The van der Waals surface area contributed by atoms with Crippen molar-refractivity contribution in [2.24, 2.45) is 0 Å². The Kier molecular flexibility index (Phi) is 31.9. The molecule has 2 saturated heterocycles. The van der Waals surface area contributed by atoms with E-state index in [1.54, 1.807) is 0 Å². The Labute approximate surface area is 372 Å². The van der Waals surface area contributed by atoms with E-state index in [0.29, 0.717) is 12.8 Å². The fraction of sp³-hybridized carbons (Fsp3) is 0.812. The number of ether oxygens (including phenoxy) is 4. The van der Waals surface area contributed by atoms with Gasteiger partial charge in [-0.3, -0.25) is 4.79 Å². The fourth-order valence-corrected chi connectivity index (χ4v) is 7.66. The highest BCUT2D eigenvalue weighted by Gasteiger charge is 2.51. The van der Waals surface area contributed by atoms with E-state index in [4.69, 9.17) is 18.9 Å². The highest BCUT2D eigenvalue weighted by atomic mass is 16.7. The Morgan fingerprint density at radius 1 is 0.597 bits per heavy atom. The zero-order chi connectivity index (χ0) is 45.4. The molecule has 62 heavy (non-hydrogen) atoms. The highest BCUT2D eigenvalue weighted by molar-refractivity contribution is 5.76. The molecule has 14 nitrogen and oxygen atoms in total. The average molecular weight is 884 g/mol. The largest absolute Gasteiger partial charge is 0.394 e. The van der Waals surface area contributed by atoms with Gasteiger partial charge < -0.3 is 65.1 Å². The fourth-order valence-electron chi connectivity index (χ4n) is 7.66. The van der Waals surface area contributed by atoms with E-state index >= 15 is 0 Å². The molecule has 1 amide bonds. The van der Waals surface area contributed by atoms with E-state index in [1.807, 2.05) is 12.2 Å². The first kappa shape index (κ1) is 56.1. The number of hydrogen-bond donors (Lipinski definition) is 9. The maximum absolute atomic E-state index is 13.1. The predicted molar refractivity (Wildman–Crippen MR) is 240 cm³/mol. The maximum atomic E-state index is 13.1. The van der Waals surface area contributed by atoms with Crippen molar-refractivity contribution >= 4 is 5.91 Å². The molecule has 9 N–H and O–H groups in total. The third-order valence-electron chi connectivity index (χ3n) is 11.6. The van der Waals surface area contributed by atoms with E-state index < -0.39 is 86.8 Å². The van der Waals surface area contributed by atoms with Crippen molar-refractivity contribution in [2.75, 3.05) is 19.8 Å². The van der Waals surface area contributed by atoms with Crippen molar-refractivity contribution in [2.45, 2.75) is 229 Å². The molecule has 0 aromatic carbocycles. The molecule has 0 saturated carbocycles. The summed E-state index contributed by atoms with van der Waals surface area (Å²) in [5, 5.41) is 86.6. The van der Waals surface area contributed by atoms with Gasteiger partial charge in [-0.05, 0) is 38.5 Å². The van der Waals surface area contributed by atoms with Crippen LogP contribution in [0.15, 0.2) is 48.6 Å². The number of nitrogens with one attached hydrogen (secondary N) is 1. The second-order valence-corrected chi connectivity index (χ2v) is 16.9. The monoisotopic (exact) mass is 884 g/mol. The predicted octanol–water partition coefficient (Wildman–Crippen LogP) is 5.32. The SMILES string of the molecule is CC/C=C\C/C=C\C/C=C\C/C=C\CCC(=O)NC(COC1OC(CO)C(OC2OC(CO)C(O)C(O)C2O)C(O)C1O)C(O)CCCCCCCCCCCCCCCCC. The van der Waals surface area contributed by atoms with Gasteiger partial charge in [0, 0.05) is 6.42 Å². The first-order valence-corrected chi connectivity index (χ1v) is 23.9. The normalized spacial score (nSPS) is 28.2. The van der Waals surface area contributed by atoms with Gasteiger partial charge in [0.15, 0.2) is 12.6 Å². The molecule has 0 spiro atoms. The van der Waals surface area contributed by atoms with Crippen LogP contribution < -0.4 is 5.32 Å². The van der Waals surface area contributed by atoms with Crippen LogP contribution in [-0.4, -0.2) is 140 Å². The molecule has 0 radical (unpaired) electrons. The van der Waals surface area contributed by atoms with E-state index in [0.717, 1.165) is 51.4 Å². The first-order chi connectivity index (χ1) is 30.1. The summed E-state index contributed by atoms with van der Waals surface area (Å²) in [6.45, 7) is 2.66. The molecule has 2 heterocycles. The van der Waals surface area contributed by atoms with Crippen LogP contribution in [0.2, 0.25) is 0 Å². The zero-order valence-corrected chi connectivity index (χ0v) is 37.8. The second kappa shape index (κ2) is 35.2. The van der Waals surface area contributed by atoms with Crippen molar-refractivity contribution in [3.8, 4) is 0 Å². The molecule has 2 aliphatic heterocycles. The lowest BCUT2D eigenvalue weighted by atomic mass is 9.97. The third-order valence-corrected chi connectivity index (χ3v) is 11.6. The number of aliphatic hydroxyl groups is 8. The highest BCUT2D eigenvalue weighted by Crippen LogP contribution is 2.30. The van der Waals surface area contributed by atoms with Gasteiger partial charge in [0.05, 0.1) is 32.0 Å². The van der Waals surface area contributed by atoms with Gasteiger partial charge in [0.1, 0.15) is 48.8 Å². The van der Waals surface area contributed by atoms with Gasteiger partial charge in [-0.2, -0.15) is 0 Å². The summed E-state index contributed by atoms with van der Waals surface area (Å²) in [7, 11) is 0. The first-order valence-electron chi connectivity index (χ1n) is 23.9. The Balaban J connectivity index is 1.90. The van der Waals surface area contributed by atoms with Crippen molar-refractivity contribution < 1.29 is 64.6 Å². The van der Waals surface area contributed by atoms with Gasteiger partial charge in [0.2, 0.25) is 5.91 Å². The van der Waals surface area contributed by atoms with Crippen LogP contribution in [0.25, 0.3) is 0 Å². The lowest BCUT2D eigenvalue weighted by Gasteiger charge is -2.46. The van der Waals surface area contributed by atoms with Crippen molar-refractivity contribution in [1.82, 2.24) is 5.32 Å². The standard InChI is InChI=1S/C48H85NO13/c1-3-5-7-9-11-13-15-17-18-20-21-23-25-27-29-31-37(52)36(49-40(53)32-30-28-26-24-22-19-16-14-12-10-8-6-4-2)35-59-47-45(58)43(56)46(39(34-51)61-47)62-48-44(57)42(55)41(54)38(33-50)60-48/h6,8,12,14,19,22,26,28,36-39,41-48,50-52,54-58H,3-5,7,9-11,13,15-18,20-21,23-25,27,29-35H2,1-2H3,(H,49,53)/b8-6-,14-12-,22-19-,28-26-. The summed E-state index contributed by atoms with van der Waals surface area (Å²) in [6, 6.07) is -0.866. The van der Waals surface area contributed by atoms with Gasteiger partial charge in [-0.1, -0.05) is 159 Å². The lowest BCUT2D eigenvalue weighted by molar-refractivity contribution is -0.359. The molecular formula is C48H85NO13. The minimum absolute atomic E-state index is 0.182. The van der Waals surface area contributed by atoms with E-state index in [1.165, 1.54) is 70.6 Å². The van der Waals surface area contributed by atoms with Crippen molar-refractivity contribution in [1.29, 1.82) is 0 Å². The molecule has 14 heteroatoms. The number of carbonyl (C=O) groups is 1. The Bertz CT molecular complexity index is 1230. The zero-order valence-electron chi connectivity index (χ0n) is 37.8. The van der Waals surface area contributed by atoms with Crippen LogP contribution in [0.4, 0.5) is 0 Å². The summed E-state index contributed by atoms with van der Waals surface area (Å²) in [4.78, 5) is 13.1. The molecule has 12 unspecified atom stereocenters. The van der Waals surface area contributed by atoms with Gasteiger partial charge >= 0.3 is 0 Å². The average Bonchev–Trinajstić information content (AvgIpc) is 3.27. The number of aliphatic hydroxyl groups excluding tert-OH is 8. The number of hydrogen-bond acceptors (Lipinski definition) is 13. The number of rotatable bonds is 35. The lowest BCUT2D eigenvalue weighted by Crippen LogP contribution is -2.65. The summed E-state index contributed by atoms with van der Waals surface area (Å²) < 4.78 is 22.7. The summed E-state index contributed by atoms with van der Waals surface area (Å²) in [5.41, 5.74) is 0. The number of carbonyl (C=O) groups excluding carboxylic acids is 1.